The average molecular weight is 266 g/mol. The van der Waals surface area contributed by atoms with Crippen molar-refractivity contribution in [1.29, 1.82) is 0 Å². The predicted octanol–water partition coefficient (Wildman–Crippen LogP) is 0.749. The van der Waals surface area contributed by atoms with Gasteiger partial charge in [0.25, 0.3) is 0 Å². The van der Waals surface area contributed by atoms with Crippen molar-refractivity contribution < 1.29 is 0 Å². The quantitative estimate of drug-likeness (QED) is 0.610. The number of rotatable bonds is 2. The van der Waals surface area contributed by atoms with Gasteiger partial charge in [0, 0.05) is 14.1 Å². The van der Waals surface area contributed by atoms with E-state index in [1.807, 2.05) is 14.1 Å². The van der Waals surface area contributed by atoms with E-state index in [1.165, 1.54) is 0 Å². The summed E-state index contributed by atoms with van der Waals surface area (Å²) in [7, 11) is 3.68. The van der Waals surface area contributed by atoms with Gasteiger partial charge >= 0.3 is 0 Å². The SMILES string of the molecule is CN(C)C1=NN=C(N)/C1=N\Nc1ccc(Cl)nc1. The van der Waals surface area contributed by atoms with E-state index in [9.17, 15) is 0 Å². The Bertz CT molecular complexity index is 530. The third-order valence-corrected chi connectivity index (χ3v) is 2.38. The van der Waals surface area contributed by atoms with Gasteiger partial charge in [0.2, 0.25) is 0 Å². The zero-order valence-electron chi connectivity index (χ0n) is 9.92. The standard InChI is InChI=1S/C10H12ClN7/c1-18(2)10-8(9(12)16-17-10)15-14-6-3-4-7(11)13-5-6/h3-5,14H,1-2H3,(H2,12,15,16). The molecule has 0 aliphatic carbocycles. The van der Waals surface area contributed by atoms with Gasteiger partial charge in [-0.05, 0) is 12.1 Å². The number of anilines is 1. The fourth-order valence-electron chi connectivity index (χ4n) is 1.28. The van der Waals surface area contributed by atoms with Crippen LogP contribution in [0.4, 0.5) is 5.69 Å². The number of nitrogens with zero attached hydrogens (tertiary/aromatic N) is 5. The number of hydrogen-bond donors (Lipinski definition) is 2. The molecule has 18 heavy (non-hydrogen) atoms. The summed E-state index contributed by atoms with van der Waals surface area (Å²) in [5.41, 5.74) is 9.72. The summed E-state index contributed by atoms with van der Waals surface area (Å²) in [6, 6.07) is 3.42. The van der Waals surface area contributed by atoms with Crippen LogP contribution >= 0.6 is 11.6 Å². The van der Waals surface area contributed by atoms with Crippen LogP contribution in [0.2, 0.25) is 5.15 Å². The van der Waals surface area contributed by atoms with Crippen LogP contribution in [-0.2, 0) is 0 Å². The number of pyridine rings is 1. The van der Waals surface area contributed by atoms with Crippen LogP contribution in [0, 0.1) is 0 Å². The third kappa shape index (κ3) is 2.57. The molecule has 0 saturated heterocycles. The van der Waals surface area contributed by atoms with Gasteiger partial charge in [-0.1, -0.05) is 11.6 Å². The molecule has 2 heterocycles. The Hall–Kier alpha value is -2.15. The molecule has 0 aromatic carbocycles. The highest BCUT2D eigenvalue weighted by Crippen LogP contribution is 2.10. The number of nitrogens with one attached hydrogen (secondary N) is 1. The van der Waals surface area contributed by atoms with Crippen molar-refractivity contribution in [2.45, 2.75) is 0 Å². The van der Waals surface area contributed by atoms with Gasteiger partial charge < -0.3 is 10.6 Å². The van der Waals surface area contributed by atoms with Crippen molar-refractivity contribution >= 4 is 34.7 Å². The molecule has 1 aliphatic heterocycles. The first-order valence-corrected chi connectivity index (χ1v) is 5.50. The third-order valence-electron chi connectivity index (χ3n) is 2.15. The van der Waals surface area contributed by atoms with Crippen LogP contribution in [0.15, 0.2) is 33.6 Å². The van der Waals surface area contributed by atoms with Gasteiger partial charge in [0.15, 0.2) is 17.4 Å². The number of nitrogens with two attached hydrogens (primary N) is 1. The predicted molar refractivity (Wildman–Crippen MR) is 73.0 cm³/mol. The van der Waals surface area contributed by atoms with Gasteiger partial charge in [0.1, 0.15) is 5.15 Å². The summed E-state index contributed by atoms with van der Waals surface area (Å²) in [4.78, 5) is 5.71. The smallest absolute Gasteiger partial charge is 0.182 e. The summed E-state index contributed by atoms with van der Waals surface area (Å²) in [6.45, 7) is 0. The molecule has 2 rings (SSSR count). The Morgan fingerprint density at radius 1 is 1.33 bits per heavy atom. The maximum Gasteiger partial charge on any atom is 0.182 e. The van der Waals surface area contributed by atoms with E-state index in [0.717, 1.165) is 0 Å². The molecular weight excluding hydrogens is 254 g/mol. The minimum atomic E-state index is 0.271. The van der Waals surface area contributed by atoms with Crippen molar-refractivity contribution in [2.75, 3.05) is 19.5 Å². The monoisotopic (exact) mass is 265 g/mol. The second-order valence-electron chi connectivity index (χ2n) is 3.75. The second-order valence-corrected chi connectivity index (χ2v) is 4.13. The molecule has 8 heteroatoms. The summed E-state index contributed by atoms with van der Waals surface area (Å²) in [5, 5.41) is 12.3. The molecule has 0 fully saturated rings. The molecule has 0 amide bonds. The molecule has 7 nitrogen and oxygen atoms in total. The van der Waals surface area contributed by atoms with Crippen LogP contribution in [0.25, 0.3) is 0 Å². The van der Waals surface area contributed by atoms with Gasteiger partial charge in [0.05, 0.1) is 11.9 Å². The topological polar surface area (TPSA) is 91.3 Å². The van der Waals surface area contributed by atoms with Gasteiger partial charge in [-0.15, -0.1) is 10.2 Å². The first-order chi connectivity index (χ1) is 8.58. The molecule has 0 radical (unpaired) electrons. The van der Waals surface area contributed by atoms with Crippen molar-refractivity contribution in [3.8, 4) is 0 Å². The molecule has 1 aromatic heterocycles. The molecule has 0 bridgehead atoms. The molecule has 0 unspecified atom stereocenters. The fourth-order valence-corrected chi connectivity index (χ4v) is 1.39. The van der Waals surface area contributed by atoms with E-state index in [1.54, 1.807) is 23.2 Å². The van der Waals surface area contributed by atoms with Crippen LogP contribution in [0.3, 0.4) is 0 Å². The maximum absolute atomic E-state index is 5.70. The Labute approximate surface area is 109 Å². The van der Waals surface area contributed by atoms with Crippen molar-refractivity contribution in [1.82, 2.24) is 9.88 Å². The van der Waals surface area contributed by atoms with E-state index in [2.05, 4.69) is 25.7 Å². The molecule has 3 N–H and O–H groups in total. The summed E-state index contributed by atoms with van der Waals surface area (Å²) >= 11 is 5.69. The number of amidine groups is 2. The van der Waals surface area contributed by atoms with Gasteiger partial charge in [-0.2, -0.15) is 5.10 Å². The van der Waals surface area contributed by atoms with Crippen LogP contribution in [-0.4, -0.2) is 41.4 Å². The minimum Gasteiger partial charge on any atom is -0.380 e. The lowest BCUT2D eigenvalue weighted by Gasteiger charge is -2.11. The van der Waals surface area contributed by atoms with E-state index < -0.39 is 0 Å². The highest BCUT2D eigenvalue weighted by atomic mass is 35.5. The molecule has 0 spiro atoms. The molecule has 0 saturated carbocycles. The average Bonchev–Trinajstić information content (AvgIpc) is 2.70. The number of aromatic nitrogens is 1. The molecule has 94 valence electrons. The van der Waals surface area contributed by atoms with Crippen molar-refractivity contribution in [3.05, 3.63) is 23.5 Å². The number of halogens is 1. The van der Waals surface area contributed by atoms with Gasteiger partial charge in [-0.25, -0.2) is 4.98 Å². The first-order valence-electron chi connectivity index (χ1n) is 5.12. The minimum absolute atomic E-state index is 0.271. The first kappa shape index (κ1) is 12.3. The molecule has 0 atom stereocenters. The lowest BCUT2D eigenvalue weighted by molar-refractivity contribution is 0.630. The largest absolute Gasteiger partial charge is 0.380 e. The zero-order valence-corrected chi connectivity index (χ0v) is 10.7. The Morgan fingerprint density at radius 3 is 2.72 bits per heavy atom. The maximum atomic E-state index is 5.70. The van der Waals surface area contributed by atoms with Crippen molar-refractivity contribution in [2.24, 2.45) is 21.0 Å². The lowest BCUT2D eigenvalue weighted by atomic mass is 10.3. The van der Waals surface area contributed by atoms with Crippen LogP contribution in [0.1, 0.15) is 0 Å². The molecular formula is C10H12ClN7. The highest BCUT2D eigenvalue weighted by molar-refractivity contribution is 6.68. The van der Waals surface area contributed by atoms with E-state index >= 15 is 0 Å². The zero-order chi connectivity index (χ0) is 13.1. The lowest BCUT2D eigenvalue weighted by Crippen LogP contribution is -2.36. The Kier molecular flexibility index (Phi) is 3.42. The normalized spacial score (nSPS) is 16.5. The second kappa shape index (κ2) is 5.01. The summed E-state index contributed by atoms with van der Waals surface area (Å²) in [5.74, 6) is 0.870. The molecule has 1 aliphatic rings. The van der Waals surface area contributed by atoms with Crippen molar-refractivity contribution in [3.63, 3.8) is 0 Å². The molecule has 1 aromatic rings. The van der Waals surface area contributed by atoms with Crippen LogP contribution in [0.5, 0.6) is 0 Å². The number of hydrogen-bond acceptors (Lipinski definition) is 7. The van der Waals surface area contributed by atoms with E-state index in [4.69, 9.17) is 17.3 Å². The fraction of sp³-hybridized carbons (Fsp3) is 0.200. The van der Waals surface area contributed by atoms with E-state index in [0.29, 0.717) is 22.4 Å². The van der Waals surface area contributed by atoms with E-state index in [-0.39, 0.29) is 5.84 Å². The van der Waals surface area contributed by atoms with Crippen LogP contribution < -0.4 is 11.2 Å². The summed E-state index contributed by atoms with van der Waals surface area (Å²) < 4.78 is 0. The van der Waals surface area contributed by atoms with Gasteiger partial charge in [-0.3, -0.25) is 5.43 Å². The Balaban J connectivity index is 2.15. The highest BCUT2D eigenvalue weighted by Gasteiger charge is 2.21. The Morgan fingerprint density at radius 2 is 2.11 bits per heavy atom. The number of hydrazone groups is 1. The summed E-state index contributed by atoms with van der Waals surface area (Å²) in [6.07, 6.45) is 1.57.